The van der Waals surface area contributed by atoms with E-state index >= 15 is 0 Å². The summed E-state index contributed by atoms with van der Waals surface area (Å²) in [7, 11) is 3.09. The molecule has 2 aromatic rings. The number of ether oxygens (including phenoxy) is 2. The van der Waals surface area contributed by atoms with E-state index in [1.165, 1.54) is 14.0 Å². The first-order chi connectivity index (χ1) is 8.19. The van der Waals surface area contributed by atoms with Gasteiger partial charge in [0, 0.05) is 0 Å². The zero-order valence-electron chi connectivity index (χ0n) is 9.98. The molecule has 0 atom stereocenters. The van der Waals surface area contributed by atoms with Gasteiger partial charge >= 0.3 is 0 Å². The van der Waals surface area contributed by atoms with Crippen molar-refractivity contribution in [1.29, 1.82) is 0 Å². The van der Waals surface area contributed by atoms with E-state index in [1.54, 1.807) is 19.4 Å². The summed E-state index contributed by atoms with van der Waals surface area (Å²) < 4.78 is 10.4. The fourth-order valence-corrected chi connectivity index (χ4v) is 1.87. The predicted molar refractivity (Wildman–Crippen MR) is 64.9 cm³/mol. The van der Waals surface area contributed by atoms with E-state index in [9.17, 15) is 4.79 Å². The Bertz CT molecular complexity index is 578. The first-order valence-corrected chi connectivity index (χ1v) is 5.19. The lowest BCUT2D eigenvalue weighted by Crippen LogP contribution is -2.01. The van der Waals surface area contributed by atoms with Crippen LogP contribution < -0.4 is 9.47 Å². The van der Waals surface area contributed by atoms with Crippen LogP contribution in [-0.2, 0) is 0 Å². The number of aromatic nitrogens is 1. The van der Waals surface area contributed by atoms with Crippen molar-refractivity contribution in [2.45, 2.75) is 6.92 Å². The molecule has 0 radical (unpaired) electrons. The summed E-state index contributed by atoms with van der Waals surface area (Å²) in [4.78, 5) is 16.0. The number of fused-ring (bicyclic) bond motifs is 1. The molecule has 0 unspecified atom stereocenters. The average Bonchev–Trinajstić information content (AvgIpc) is 2.36. The lowest BCUT2D eigenvalue weighted by molar-refractivity contribution is 0.101. The molecule has 1 aromatic carbocycles. The van der Waals surface area contributed by atoms with Crippen molar-refractivity contribution in [3.63, 3.8) is 0 Å². The van der Waals surface area contributed by atoms with Gasteiger partial charge in [-0.1, -0.05) is 6.07 Å². The summed E-state index contributed by atoms with van der Waals surface area (Å²) in [5.74, 6) is 1.02. The average molecular weight is 231 g/mol. The SMILES string of the molecule is COc1cnc2cccc(OC)c2c1C(C)=O. The molecule has 0 amide bonds. The van der Waals surface area contributed by atoms with Gasteiger partial charge in [-0.3, -0.25) is 9.78 Å². The Kier molecular flexibility index (Phi) is 2.95. The van der Waals surface area contributed by atoms with E-state index in [-0.39, 0.29) is 5.78 Å². The summed E-state index contributed by atoms with van der Waals surface area (Å²) in [6.07, 6.45) is 1.55. The largest absolute Gasteiger partial charge is 0.496 e. The van der Waals surface area contributed by atoms with Gasteiger partial charge in [0.2, 0.25) is 0 Å². The minimum Gasteiger partial charge on any atom is -0.496 e. The summed E-state index contributed by atoms with van der Waals surface area (Å²) in [6, 6.07) is 5.48. The van der Waals surface area contributed by atoms with Crippen molar-refractivity contribution in [2.24, 2.45) is 0 Å². The molecular weight excluding hydrogens is 218 g/mol. The molecule has 2 rings (SSSR count). The summed E-state index contributed by atoms with van der Waals surface area (Å²) >= 11 is 0. The number of carbonyl (C=O) groups is 1. The Labute approximate surface area is 99.2 Å². The number of benzene rings is 1. The van der Waals surface area contributed by atoms with Crippen LogP contribution in [0.15, 0.2) is 24.4 Å². The van der Waals surface area contributed by atoms with Gasteiger partial charge < -0.3 is 9.47 Å². The molecule has 0 saturated heterocycles. The third-order valence-electron chi connectivity index (χ3n) is 2.61. The van der Waals surface area contributed by atoms with Gasteiger partial charge in [0.1, 0.15) is 11.5 Å². The highest BCUT2D eigenvalue weighted by atomic mass is 16.5. The van der Waals surface area contributed by atoms with Crippen LogP contribution in [0.1, 0.15) is 17.3 Å². The lowest BCUT2D eigenvalue weighted by atomic mass is 10.0. The number of hydrogen-bond donors (Lipinski definition) is 0. The number of pyridine rings is 1. The molecule has 17 heavy (non-hydrogen) atoms. The van der Waals surface area contributed by atoms with E-state index in [0.717, 1.165) is 5.52 Å². The molecule has 0 aliphatic rings. The zero-order chi connectivity index (χ0) is 12.4. The van der Waals surface area contributed by atoms with Crippen molar-refractivity contribution in [3.8, 4) is 11.5 Å². The van der Waals surface area contributed by atoms with Crippen LogP contribution in [0.5, 0.6) is 11.5 Å². The number of Topliss-reactive ketones (excluding diaryl/α,β-unsaturated/α-hetero) is 1. The molecule has 0 saturated carbocycles. The molecule has 4 heteroatoms. The highest BCUT2D eigenvalue weighted by molar-refractivity contribution is 6.10. The van der Waals surface area contributed by atoms with Gasteiger partial charge in [-0.05, 0) is 19.1 Å². The van der Waals surface area contributed by atoms with Crippen molar-refractivity contribution in [3.05, 3.63) is 30.0 Å². The van der Waals surface area contributed by atoms with Crippen molar-refractivity contribution < 1.29 is 14.3 Å². The minimum atomic E-state index is -0.0706. The van der Waals surface area contributed by atoms with Gasteiger partial charge in [0.05, 0.1) is 36.9 Å². The smallest absolute Gasteiger partial charge is 0.164 e. The maximum atomic E-state index is 11.7. The van der Waals surface area contributed by atoms with E-state index in [2.05, 4.69) is 4.98 Å². The molecule has 1 heterocycles. The molecule has 0 bridgehead atoms. The van der Waals surface area contributed by atoms with Gasteiger partial charge in [-0.2, -0.15) is 0 Å². The van der Waals surface area contributed by atoms with Crippen LogP contribution in [0.25, 0.3) is 10.9 Å². The van der Waals surface area contributed by atoms with Crippen molar-refractivity contribution >= 4 is 16.7 Å². The third kappa shape index (κ3) is 1.82. The number of hydrogen-bond acceptors (Lipinski definition) is 4. The standard InChI is InChI=1S/C13H13NO3/c1-8(15)12-11(17-3)7-14-9-5-4-6-10(16-2)13(9)12/h4-7H,1-3H3. The first kappa shape index (κ1) is 11.4. The number of ketones is 1. The Morgan fingerprint density at radius 3 is 2.47 bits per heavy atom. The quantitative estimate of drug-likeness (QED) is 0.761. The molecule has 0 fully saturated rings. The van der Waals surface area contributed by atoms with Crippen LogP contribution in [0.2, 0.25) is 0 Å². The Hall–Kier alpha value is -2.10. The molecule has 88 valence electrons. The second-order valence-electron chi connectivity index (χ2n) is 3.61. The van der Waals surface area contributed by atoms with Crippen molar-refractivity contribution in [2.75, 3.05) is 14.2 Å². The Morgan fingerprint density at radius 1 is 1.18 bits per heavy atom. The van der Waals surface area contributed by atoms with Crippen LogP contribution in [-0.4, -0.2) is 25.0 Å². The summed E-state index contributed by atoms with van der Waals surface area (Å²) in [5, 5.41) is 0.696. The third-order valence-corrected chi connectivity index (χ3v) is 2.61. The van der Waals surface area contributed by atoms with E-state index in [1.807, 2.05) is 12.1 Å². The van der Waals surface area contributed by atoms with Crippen molar-refractivity contribution in [1.82, 2.24) is 4.98 Å². The van der Waals surface area contributed by atoms with Crippen LogP contribution >= 0.6 is 0 Å². The highest BCUT2D eigenvalue weighted by Gasteiger charge is 2.16. The Morgan fingerprint density at radius 2 is 1.88 bits per heavy atom. The van der Waals surface area contributed by atoms with E-state index in [4.69, 9.17) is 9.47 Å². The van der Waals surface area contributed by atoms with Gasteiger partial charge in [0.15, 0.2) is 5.78 Å². The second kappa shape index (κ2) is 4.41. The van der Waals surface area contributed by atoms with Gasteiger partial charge in [0.25, 0.3) is 0 Å². The highest BCUT2D eigenvalue weighted by Crippen LogP contribution is 2.33. The van der Waals surface area contributed by atoms with Crippen LogP contribution in [0.4, 0.5) is 0 Å². The topological polar surface area (TPSA) is 48.4 Å². The second-order valence-corrected chi connectivity index (χ2v) is 3.61. The number of carbonyl (C=O) groups excluding carboxylic acids is 1. The first-order valence-electron chi connectivity index (χ1n) is 5.19. The Balaban J connectivity index is 2.91. The molecular formula is C13H13NO3. The van der Waals surface area contributed by atoms with E-state index in [0.29, 0.717) is 22.4 Å². The minimum absolute atomic E-state index is 0.0706. The monoisotopic (exact) mass is 231 g/mol. The van der Waals surface area contributed by atoms with Gasteiger partial charge in [-0.15, -0.1) is 0 Å². The number of methoxy groups -OCH3 is 2. The number of nitrogens with zero attached hydrogens (tertiary/aromatic N) is 1. The predicted octanol–water partition coefficient (Wildman–Crippen LogP) is 2.45. The maximum absolute atomic E-state index is 11.7. The fourth-order valence-electron chi connectivity index (χ4n) is 1.87. The molecule has 0 aliphatic carbocycles. The molecule has 1 aromatic heterocycles. The maximum Gasteiger partial charge on any atom is 0.164 e. The van der Waals surface area contributed by atoms with Crippen LogP contribution in [0.3, 0.4) is 0 Å². The zero-order valence-corrected chi connectivity index (χ0v) is 9.98. The molecule has 0 N–H and O–H groups in total. The van der Waals surface area contributed by atoms with E-state index < -0.39 is 0 Å². The molecule has 4 nitrogen and oxygen atoms in total. The molecule has 0 spiro atoms. The summed E-state index contributed by atoms with van der Waals surface area (Å²) in [6.45, 7) is 1.50. The van der Waals surface area contributed by atoms with Crippen LogP contribution in [0, 0.1) is 0 Å². The molecule has 0 aliphatic heterocycles. The fraction of sp³-hybridized carbons (Fsp3) is 0.231. The number of rotatable bonds is 3. The normalized spacial score (nSPS) is 10.3. The summed E-state index contributed by atoms with van der Waals surface area (Å²) in [5.41, 5.74) is 1.23. The van der Waals surface area contributed by atoms with Gasteiger partial charge in [-0.25, -0.2) is 0 Å². The lowest BCUT2D eigenvalue weighted by Gasteiger charge is -2.11.